The molecule has 0 spiro atoms. The van der Waals surface area contributed by atoms with Crippen molar-refractivity contribution in [1.82, 2.24) is 0 Å². The average molecular weight is 455 g/mol. The molecule has 2 heterocycles. The topological polar surface area (TPSA) is 75.6 Å². The number of hydrogen-bond donors (Lipinski definition) is 1. The Bertz CT molecular complexity index is 742. The summed E-state index contributed by atoms with van der Waals surface area (Å²) in [6.07, 6.45) is 7.37. The zero-order valence-corrected chi connectivity index (χ0v) is 21.2. The molecule has 1 N–H and O–H groups in total. The fourth-order valence-corrected chi connectivity index (χ4v) is 4.86. The van der Waals surface area contributed by atoms with Gasteiger partial charge in [0.05, 0.1) is 6.61 Å². The van der Waals surface area contributed by atoms with Crippen molar-refractivity contribution in [3.05, 3.63) is 36.1 Å². The monoisotopic (exact) mass is 454 g/mol. The lowest BCUT2D eigenvalue weighted by Gasteiger charge is -2.39. The molecule has 2 aliphatic heterocycles. The summed E-state index contributed by atoms with van der Waals surface area (Å²) in [5.41, 5.74) is -1.43. The first-order valence-electron chi connectivity index (χ1n) is 10.8. The maximum Gasteiger partial charge on any atom is 0.207 e. The van der Waals surface area contributed by atoms with E-state index in [4.69, 9.17) is 28.1 Å². The third-order valence-electron chi connectivity index (χ3n) is 6.71. The maximum atomic E-state index is 11.3. The van der Waals surface area contributed by atoms with Crippen LogP contribution in [0.25, 0.3) is 0 Å². The van der Waals surface area contributed by atoms with Crippen molar-refractivity contribution in [1.29, 1.82) is 0 Å². The van der Waals surface area contributed by atoms with Crippen LogP contribution in [0.15, 0.2) is 36.1 Å². The Labute approximate surface area is 187 Å². The van der Waals surface area contributed by atoms with E-state index >= 15 is 0 Å². The first-order valence-corrected chi connectivity index (χ1v) is 13.7. The number of hydrogen-bond acceptors (Lipinski definition) is 7. The maximum absolute atomic E-state index is 11.3. The minimum Gasteiger partial charge on any atom is -0.485 e. The first kappa shape index (κ1) is 24.6. The van der Waals surface area contributed by atoms with Crippen molar-refractivity contribution in [2.24, 2.45) is 0 Å². The molecule has 0 aromatic carbocycles. The molecule has 0 amide bonds. The normalized spacial score (nSPS) is 31.5. The van der Waals surface area contributed by atoms with Gasteiger partial charge in [0.2, 0.25) is 5.79 Å². The molecule has 3 aliphatic rings. The van der Waals surface area contributed by atoms with Crippen LogP contribution in [0.4, 0.5) is 0 Å². The van der Waals surface area contributed by atoms with Gasteiger partial charge in [-0.3, -0.25) is 0 Å². The Morgan fingerprint density at radius 1 is 1.06 bits per heavy atom. The quantitative estimate of drug-likeness (QED) is 0.373. The molecular formula is C23H38O7Si. The van der Waals surface area contributed by atoms with E-state index in [1.165, 1.54) is 0 Å². The van der Waals surface area contributed by atoms with E-state index in [1.54, 1.807) is 38.5 Å². The van der Waals surface area contributed by atoms with Crippen LogP contribution in [0.5, 0.6) is 0 Å². The summed E-state index contributed by atoms with van der Waals surface area (Å²) in [5, 5.41) is 11.4. The van der Waals surface area contributed by atoms with E-state index in [0.717, 1.165) is 0 Å². The fraction of sp³-hybridized carbons (Fsp3) is 0.739. The van der Waals surface area contributed by atoms with Crippen LogP contribution in [0, 0.1) is 0 Å². The number of aliphatic hydroxyl groups is 1. The van der Waals surface area contributed by atoms with E-state index in [9.17, 15) is 5.11 Å². The molecule has 0 unspecified atom stereocenters. The van der Waals surface area contributed by atoms with Crippen LogP contribution >= 0.6 is 0 Å². The van der Waals surface area contributed by atoms with Gasteiger partial charge in [-0.1, -0.05) is 20.8 Å². The number of methoxy groups -OCH3 is 2. The summed E-state index contributed by atoms with van der Waals surface area (Å²) in [6.45, 7) is 15.2. The molecule has 3 atom stereocenters. The molecule has 3 rings (SSSR count). The molecule has 1 aliphatic carbocycles. The fourth-order valence-electron chi connectivity index (χ4n) is 3.62. The first-order chi connectivity index (χ1) is 14.2. The molecule has 0 aromatic heterocycles. The van der Waals surface area contributed by atoms with E-state index in [1.807, 2.05) is 19.9 Å². The van der Waals surface area contributed by atoms with Crippen LogP contribution < -0.4 is 0 Å². The minimum absolute atomic E-state index is 0.0263. The van der Waals surface area contributed by atoms with Crippen molar-refractivity contribution < 1.29 is 33.2 Å². The minimum atomic E-state index is -2.12. The van der Waals surface area contributed by atoms with Gasteiger partial charge in [-0.2, -0.15) is 0 Å². The summed E-state index contributed by atoms with van der Waals surface area (Å²) in [7, 11) is 0.981. The molecule has 1 saturated heterocycles. The molecule has 0 bridgehead atoms. The van der Waals surface area contributed by atoms with Gasteiger partial charge in [0.25, 0.3) is 0 Å². The summed E-state index contributed by atoms with van der Waals surface area (Å²) in [5.74, 6) is -1.28. The predicted molar refractivity (Wildman–Crippen MR) is 120 cm³/mol. The molecule has 0 saturated carbocycles. The second kappa shape index (κ2) is 8.09. The van der Waals surface area contributed by atoms with Gasteiger partial charge in [0.1, 0.15) is 18.0 Å². The van der Waals surface area contributed by atoms with E-state index < -0.39 is 31.6 Å². The molecular weight excluding hydrogens is 416 g/mol. The van der Waals surface area contributed by atoms with Gasteiger partial charge in [0, 0.05) is 14.2 Å². The lowest BCUT2D eigenvalue weighted by Crippen LogP contribution is -2.49. The summed E-state index contributed by atoms with van der Waals surface area (Å²) >= 11 is 0. The standard InChI is InChI=1S/C23H38O7Si/c1-20(2,3)31(8,9)30-16-14-18(28-19(16)17-15-27-21(4,5)29-17)22(24)10-12-23(25-6,26-7)13-11-22/h10-14,16-17,19,24H,15H2,1-9H3/t16-,17-,19+/m1/s1. The largest absolute Gasteiger partial charge is 0.485 e. The van der Waals surface area contributed by atoms with Crippen molar-refractivity contribution in [3.63, 3.8) is 0 Å². The molecule has 7 nitrogen and oxygen atoms in total. The second-order valence-corrected chi connectivity index (χ2v) is 15.2. The molecule has 31 heavy (non-hydrogen) atoms. The van der Waals surface area contributed by atoms with Crippen LogP contribution in [0.3, 0.4) is 0 Å². The van der Waals surface area contributed by atoms with Crippen LogP contribution in [-0.4, -0.2) is 69.7 Å². The van der Waals surface area contributed by atoms with Crippen molar-refractivity contribution >= 4 is 8.32 Å². The lowest BCUT2D eigenvalue weighted by atomic mass is 9.93. The number of ether oxygens (including phenoxy) is 5. The van der Waals surface area contributed by atoms with Crippen molar-refractivity contribution in [2.75, 3.05) is 20.8 Å². The Morgan fingerprint density at radius 3 is 2.10 bits per heavy atom. The lowest BCUT2D eigenvalue weighted by molar-refractivity contribution is -0.158. The van der Waals surface area contributed by atoms with Gasteiger partial charge >= 0.3 is 0 Å². The van der Waals surface area contributed by atoms with Crippen molar-refractivity contribution in [2.45, 2.75) is 88.2 Å². The Kier molecular flexibility index (Phi) is 6.43. The van der Waals surface area contributed by atoms with Gasteiger partial charge in [-0.05, 0) is 62.4 Å². The zero-order valence-electron chi connectivity index (χ0n) is 20.2. The smallest absolute Gasteiger partial charge is 0.207 e. The van der Waals surface area contributed by atoms with E-state index in [0.29, 0.717) is 12.4 Å². The molecule has 1 fully saturated rings. The van der Waals surface area contributed by atoms with Crippen LogP contribution in [0.2, 0.25) is 18.1 Å². The van der Waals surface area contributed by atoms with Crippen LogP contribution in [0.1, 0.15) is 34.6 Å². The Hall–Kier alpha value is -1.00. The molecule has 176 valence electrons. The van der Waals surface area contributed by atoms with E-state index in [-0.39, 0.29) is 17.2 Å². The van der Waals surface area contributed by atoms with Crippen LogP contribution in [-0.2, 0) is 28.1 Å². The highest BCUT2D eigenvalue weighted by molar-refractivity contribution is 6.74. The van der Waals surface area contributed by atoms with Gasteiger partial charge in [-0.15, -0.1) is 0 Å². The van der Waals surface area contributed by atoms with Gasteiger partial charge in [0.15, 0.2) is 25.8 Å². The highest BCUT2D eigenvalue weighted by Crippen LogP contribution is 2.43. The molecule has 0 aromatic rings. The third-order valence-corrected chi connectivity index (χ3v) is 11.2. The van der Waals surface area contributed by atoms with Gasteiger partial charge in [-0.25, -0.2) is 0 Å². The number of rotatable bonds is 6. The van der Waals surface area contributed by atoms with Crippen molar-refractivity contribution in [3.8, 4) is 0 Å². The molecule has 8 heteroatoms. The Balaban J connectivity index is 1.89. The summed E-state index contributed by atoms with van der Waals surface area (Å²) in [4.78, 5) is 0. The Morgan fingerprint density at radius 2 is 1.65 bits per heavy atom. The van der Waals surface area contributed by atoms with E-state index in [2.05, 4.69) is 33.9 Å². The zero-order chi connectivity index (χ0) is 23.3. The van der Waals surface area contributed by atoms with Gasteiger partial charge < -0.3 is 33.2 Å². The highest BCUT2D eigenvalue weighted by atomic mass is 28.4. The third kappa shape index (κ3) is 4.85. The summed E-state index contributed by atoms with van der Waals surface area (Å²) in [6, 6.07) is 0. The highest BCUT2D eigenvalue weighted by Gasteiger charge is 2.51. The predicted octanol–water partition coefficient (Wildman–Crippen LogP) is 3.66. The SMILES string of the molecule is COC1(OC)C=CC(O)(C2=C[C@@H](O[Si](C)(C)C(C)(C)C)[C@@H]([C@H]3COC(C)(C)O3)O2)C=C1. The second-order valence-electron chi connectivity index (χ2n) is 10.4. The molecule has 0 radical (unpaired) electrons. The average Bonchev–Trinajstić information content (AvgIpc) is 3.25. The summed E-state index contributed by atoms with van der Waals surface area (Å²) < 4.78 is 35.7.